The molecule has 0 bridgehead atoms. The Labute approximate surface area is 121 Å². The van der Waals surface area contributed by atoms with Crippen LogP contribution in [-0.2, 0) is 20.1 Å². The van der Waals surface area contributed by atoms with Crippen LogP contribution in [0.5, 0.6) is 0 Å². The first-order valence-corrected chi connectivity index (χ1v) is 4.96. The second kappa shape index (κ2) is 4.91. The maximum atomic E-state index is 8.00. The molecule has 0 aromatic heterocycles. The third-order valence-corrected chi connectivity index (χ3v) is 2.54. The van der Waals surface area contributed by atoms with Crippen LogP contribution >= 0.6 is 0 Å². The van der Waals surface area contributed by atoms with E-state index >= 15 is 0 Å². The van der Waals surface area contributed by atoms with Gasteiger partial charge >= 0.3 is 0 Å². The quantitative estimate of drug-likeness (QED) is 0.674. The molecule has 2 aromatic carbocycles. The van der Waals surface area contributed by atoms with Crippen molar-refractivity contribution in [3.05, 3.63) is 61.2 Å². The molecule has 1 aliphatic heterocycles. The molecule has 1 heterocycles. The zero-order valence-electron chi connectivity index (χ0n) is 13.1. The summed E-state index contributed by atoms with van der Waals surface area (Å²) in [6.45, 7) is 1.79. The molecular weight excluding hydrogens is 388 g/mol. The van der Waals surface area contributed by atoms with E-state index in [-0.39, 0.29) is 44.3 Å². The molecule has 0 atom stereocenters. The number of nitrogens with zero attached hydrogens (tertiary/aromatic N) is 2. The van der Waals surface area contributed by atoms with Crippen LogP contribution in [0.15, 0.2) is 48.4 Å². The summed E-state index contributed by atoms with van der Waals surface area (Å²) in [4.78, 5) is 3.64. The van der Waals surface area contributed by atoms with E-state index in [0.717, 1.165) is 11.4 Å². The van der Waals surface area contributed by atoms with Gasteiger partial charge in [-0.25, -0.2) is 0 Å². The van der Waals surface area contributed by atoms with Crippen molar-refractivity contribution in [2.75, 3.05) is 16.8 Å². The fourth-order valence-electron chi connectivity index (χ4n) is 1.81. The zero-order chi connectivity index (χ0) is 14.4. The molecule has 0 unspecified atom stereocenters. The number of anilines is 3. The van der Waals surface area contributed by atoms with Crippen molar-refractivity contribution in [2.45, 2.75) is 0 Å². The summed E-state index contributed by atoms with van der Waals surface area (Å²) in [7, 11) is 1.89. The number of benzene rings is 2. The Balaban J connectivity index is 0.00000161. The van der Waals surface area contributed by atoms with Gasteiger partial charge in [-0.2, -0.15) is 36.9 Å². The Bertz CT molecular complexity index is 693. The zero-order valence-corrected chi connectivity index (χ0v) is 11.5. The predicted molar refractivity (Wildman–Crippen MR) is 66.6 cm³/mol. The van der Waals surface area contributed by atoms with Crippen molar-refractivity contribution in [3.63, 3.8) is 0 Å². The van der Waals surface area contributed by atoms with Gasteiger partial charge in [-0.3, -0.25) is 0 Å². The summed E-state index contributed by atoms with van der Waals surface area (Å²) < 4.78 is 31.0. The first-order valence-electron chi connectivity index (χ1n) is 6.96. The van der Waals surface area contributed by atoms with Crippen molar-refractivity contribution in [1.29, 1.82) is 0 Å². The van der Waals surface area contributed by atoms with E-state index in [2.05, 4.69) is 6.07 Å². The molecule has 1 radical (unpaired) electrons. The van der Waals surface area contributed by atoms with E-state index in [9.17, 15) is 0 Å². The van der Waals surface area contributed by atoms with Crippen molar-refractivity contribution >= 4 is 17.1 Å². The van der Waals surface area contributed by atoms with Gasteiger partial charge in [0.15, 0.2) is 0 Å². The Kier molecular flexibility index (Phi) is 2.28. The van der Waals surface area contributed by atoms with Crippen LogP contribution in [0.2, 0.25) is 0 Å². The van der Waals surface area contributed by atoms with Crippen LogP contribution < -0.4 is 9.80 Å². The molecule has 17 heavy (non-hydrogen) atoms. The van der Waals surface area contributed by atoms with Crippen LogP contribution in [0.1, 0.15) is 5.48 Å². The molecule has 2 aromatic rings. The van der Waals surface area contributed by atoms with Gasteiger partial charge in [0.05, 0.1) is 0 Å². The monoisotopic (exact) mass is 405 g/mol. The number of fused-ring (bicyclic) bond motifs is 1. The minimum Gasteiger partial charge on any atom is -0.504 e. The average molecular weight is 405 g/mol. The Morgan fingerprint density at radius 2 is 2.00 bits per heavy atom. The minimum atomic E-state index is -0.264. The standard InChI is InChI=1S/C14H12N2.Ir/c1-15-11-16(12-7-3-2-4-8-12)14-10-6-5-9-13(14)15;/h2-7,9-11H,1H3;/q-2;/i2D,3D,4D,7D;. The molecule has 0 fully saturated rings. The molecule has 3 rings (SSSR count). The second-order valence-electron chi connectivity index (χ2n) is 3.56. The largest absolute Gasteiger partial charge is 0.504 e. The summed E-state index contributed by atoms with van der Waals surface area (Å²) in [5.41, 5.74) is 2.18. The third-order valence-electron chi connectivity index (χ3n) is 2.54. The Morgan fingerprint density at radius 3 is 2.82 bits per heavy atom. The van der Waals surface area contributed by atoms with Gasteiger partial charge < -0.3 is 9.80 Å². The van der Waals surface area contributed by atoms with E-state index in [0.29, 0.717) is 5.69 Å². The van der Waals surface area contributed by atoms with Crippen LogP contribution in [0.3, 0.4) is 0 Å². The van der Waals surface area contributed by atoms with Gasteiger partial charge in [0.1, 0.15) is 0 Å². The van der Waals surface area contributed by atoms with E-state index in [1.165, 1.54) is 0 Å². The van der Waals surface area contributed by atoms with Gasteiger partial charge in [0, 0.05) is 34.2 Å². The van der Waals surface area contributed by atoms with Gasteiger partial charge in [0.25, 0.3) is 0 Å². The van der Waals surface area contributed by atoms with E-state index in [1.54, 1.807) is 11.6 Å². The van der Waals surface area contributed by atoms with Gasteiger partial charge in [0.2, 0.25) is 0 Å². The van der Waals surface area contributed by atoms with Crippen molar-refractivity contribution in [1.82, 2.24) is 0 Å². The fraction of sp³-hybridized carbons (Fsp3) is 0.0714. The number of hydrogen-bond donors (Lipinski definition) is 0. The molecule has 0 amide bonds. The molecule has 0 saturated carbocycles. The molecule has 0 aliphatic carbocycles. The third kappa shape index (κ3) is 2.08. The summed E-state index contributed by atoms with van der Waals surface area (Å²) in [6.07, 6.45) is 0. The van der Waals surface area contributed by atoms with Gasteiger partial charge in [-0.15, -0.1) is 5.69 Å². The molecule has 89 valence electrons. The first kappa shape index (κ1) is 7.91. The van der Waals surface area contributed by atoms with Gasteiger partial charge in [-0.1, -0.05) is 12.1 Å². The number of hydrogen-bond acceptors (Lipinski definition) is 2. The molecule has 0 N–H and O–H groups in total. The van der Waals surface area contributed by atoms with E-state index in [1.807, 2.05) is 36.2 Å². The SMILES string of the molecule is [2H]c1[c-]c(N2[CH-]N(C)c3ccccc32)c([2H])c([2H])c1[2H].[Ir]. The fourth-order valence-corrected chi connectivity index (χ4v) is 1.81. The predicted octanol–water partition coefficient (Wildman–Crippen LogP) is 3.19. The second-order valence-corrected chi connectivity index (χ2v) is 3.56. The average Bonchev–Trinajstić information content (AvgIpc) is 2.78. The van der Waals surface area contributed by atoms with Crippen molar-refractivity contribution in [3.8, 4) is 0 Å². The summed E-state index contributed by atoms with van der Waals surface area (Å²) in [5.74, 6) is 0. The topological polar surface area (TPSA) is 6.48 Å². The minimum absolute atomic E-state index is 0. The number of para-hydroxylation sites is 3. The molecule has 3 heteroatoms. The van der Waals surface area contributed by atoms with Crippen LogP contribution in [-0.4, -0.2) is 7.05 Å². The van der Waals surface area contributed by atoms with Crippen LogP contribution in [0.4, 0.5) is 17.1 Å². The Hall–Kier alpha value is -1.31. The van der Waals surface area contributed by atoms with Crippen LogP contribution in [0, 0.1) is 12.7 Å². The normalized spacial score (nSPS) is 16.5. The summed E-state index contributed by atoms with van der Waals surface area (Å²) >= 11 is 0. The molecule has 0 saturated heterocycles. The molecule has 1 aliphatic rings. The Morgan fingerprint density at radius 1 is 1.24 bits per heavy atom. The smallest absolute Gasteiger partial charge is 0.0337 e. The summed E-state index contributed by atoms with van der Waals surface area (Å²) in [5, 5.41) is 0. The van der Waals surface area contributed by atoms with Crippen LogP contribution in [0.25, 0.3) is 0 Å². The molecular formula is C14H12IrN2-2. The maximum Gasteiger partial charge on any atom is 0.0337 e. The molecule has 2 nitrogen and oxygen atoms in total. The summed E-state index contributed by atoms with van der Waals surface area (Å²) in [6, 6.07) is 9.65. The maximum absolute atomic E-state index is 8.00. The van der Waals surface area contributed by atoms with E-state index in [4.69, 9.17) is 5.48 Å². The van der Waals surface area contributed by atoms with E-state index < -0.39 is 0 Å². The molecule has 0 spiro atoms. The number of rotatable bonds is 1. The first-order chi connectivity index (χ1) is 9.50. The van der Waals surface area contributed by atoms with Gasteiger partial charge in [-0.05, 0) is 21.9 Å². The van der Waals surface area contributed by atoms with Crippen molar-refractivity contribution in [2.24, 2.45) is 0 Å². The van der Waals surface area contributed by atoms with Crippen molar-refractivity contribution < 1.29 is 25.6 Å².